The Balaban J connectivity index is 2.04. The van der Waals surface area contributed by atoms with Crippen LogP contribution in [-0.4, -0.2) is 21.9 Å². The maximum atomic E-state index is 12.5. The van der Waals surface area contributed by atoms with Gasteiger partial charge in [-0.15, -0.1) is 0 Å². The van der Waals surface area contributed by atoms with Crippen molar-refractivity contribution in [1.82, 2.24) is 9.97 Å². The summed E-state index contributed by atoms with van der Waals surface area (Å²) in [5, 5.41) is 5.47. The molecule has 0 aliphatic rings. The van der Waals surface area contributed by atoms with Gasteiger partial charge in [-0.3, -0.25) is 4.79 Å². The van der Waals surface area contributed by atoms with Gasteiger partial charge >= 0.3 is 6.18 Å². The van der Waals surface area contributed by atoms with E-state index in [9.17, 15) is 18.0 Å². The van der Waals surface area contributed by atoms with Crippen LogP contribution in [0.2, 0.25) is 0 Å². The average molecular weight is 324 g/mol. The molecule has 0 fully saturated rings. The summed E-state index contributed by atoms with van der Waals surface area (Å²) in [6.45, 7) is 3.85. The van der Waals surface area contributed by atoms with Crippen LogP contribution in [0.3, 0.4) is 0 Å². The largest absolute Gasteiger partial charge is 0.416 e. The summed E-state index contributed by atoms with van der Waals surface area (Å²) in [6, 6.07) is 4.35. The van der Waals surface area contributed by atoms with E-state index in [0.29, 0.717) is 5.95 Å². The van der Waals surface area contributed by atoms with E-state index >= 15 is 0 Å². The summed E-state index contributed by atoms with van der Waals surface area (Å²) in [5.74, 6) is -0.105. The van der Waals surface area contributed by atoms with E-state index in [0.717, 1.165) is 12.1 Å². The van der Waals surface area contributed by atoms with Gasteiger partial charge in [0.25, 0.3) is 5.91 Å². The van der Waals surface area contributed by atoms with Crippen LogP contribution < -0.4 is 10.6 Å². The molecular formula is C15H15F3N4O. The number of carbonyl (C=O) groups is 1. The zero-order valence-electron chi connectivity index (χ0n) is 12.5. The van der Waals surface area contributed by atoms with Crippen LogP contribution in [0.15, 0.2) is 36.7 Å². The SMILES string of the molecule is CC(C)Nc1ncc(C(=O)Nc2ccc(C(F)(F)F)cc2)cn1. The number of nitrogens with one attached hydrogen (secondary N) is 2. The minimum absolute atomic E-state index is 0.154. The Morgan fingerprint density at radius 2 is 1.65 bits per heavy atom. The van der Waals surface area contributed by atoms with E-state index in [2.05, 4.69) is 20.6 Å². The topological polar surface area (TPSA) is 66.9 Å². The van der Waals surface area contributed by atoms with E-state index in [1.54, 1.807) is 0 Å². The second kappa shape index (κ2) is 6.64. The zero-order chi connectivity index (χ0) is 17.0. The van der Waals surface area contributed by atoms with Crippen molar-refractivity contribution in [3.63, 3.8) is 0 Å². The molecule has 2 aromatic rings. The third-order valence-electron chi connectivity index (χ3n) is 2.80. The molecule has 0 saturated heterocycles. The highest BCUT2D eigenvalue weighted by Gasteiger charge is 2.29. The van der Waals surface area contributed by atoms with Crippen molar-refractivity contribution in [2.24, 2.45) is 0 Å². The molecule has 0 atom stereocenters. The summed E-state index contributed by atoms with van der Waals surface area (Å²) in [6.07, 6.45) is -1.72. The quantitative estimate of drug-likeness (QED) is 0.902. The van der Waals surface area contributed by atoms with Crippen molar-refractivity contribution in [1.29, 1.82) is 0 Å². The number of amides is 1. The van der Waals surface area contributed by atoms with Crippen LogP contribution in [0, 0.1) is 0 Å². The molecule has 2 rings (SSSR count). The summed E-state index contributed by atoms with van der Waals surface area (Å²) in [5.41, 5.74) is -0.311. The van der Waals surface area contributed by atoms with Gasteiger partial charge < -0.3 is 10.6 Å². The van der Waals surface area contributed by atoms with Crippen LogP contribution in [0.25, 0.3) is 0 Å². The first kappa shape index (κ1) is 16.7. The minimum atomic E-state index is -4.41. The van der Waals surface area contributed by atoms with Crippen molar-refractivity contribution in [3.05, 3.63) is 47.8 Å². The van der Waals surface area contributed by atoms with Gasteiger partial charge in [-0.25, -0.2) is 9.97 Å². The van der Waals surface area contributed by atoms with Gasteiger partial charge in [-0.1, -0.05) is 0 Å². The molecule has 1 heterocycles. The Bertz CT molecular complexity index is 667. The first-order valence-corrected chi connectivity index (χ1v) is 6.83. The summed E-state index contributed by atoms with van der Waals surface area (Å²) >= 11 is 0. The smallest absolute Gasteiger partial charge is 0.352 e. The number of aromatic nitrogens is 2. The number of nitrogens with zero attached hydrogens (tertiary/aromatic N) is 2. The Hall–Kier alpha value is -2.64. The van der Waals surface area contributed by atoms with E-state index in [4.69, 9.17) is 0 Å². The lowest BCUT2D eigenvalue weighted by Crippen LogP contribution is -2.15. The van der Waals surface area contributed by atoms with Crippen LogP contribution in [-0.2, 0) is 6.18 Å². The van der Waals surface area contributed by atoms with Crippen LogP contribution in [0.5, 0.6) is 0 Å². The Kier molecular flexibility index (Phi) is 4.83. The van der Waals surface area contributed by atoms with Crippen molar-refractivity contribution >= 4 is 17.5 Å². The average Bonchev–Trinajstić information content (AvgIpc) is 2.47. The molecule has 0 saturated carbocycles. The maximum Gasteiger partial charge on any atom is 0.416 e. The summed E-state index contributed by atoms with van der Waals surface area (Å²) in [4.78, 5) is 20.0. The first-order valence-electron chi connectivity index (χ1n) is 6.83. The fraction of sp³-hybridized carbons (Fsp3) is 0.267. The lowest BCUT2D eigenvalue weighted by molar-refractivity contribution is -0.137. The first-order chi connectivity index (χ1) is 10.8. The number of hydrogen-bond acceptors (Lipinski definition) is 4. The Morgan fingerprint density at radius 1 is 1.09 bits per heavy atom. The molecule has 0 aliphatic heterocycles. The predicted molar refractivity (Wildman–Crippen MR) is 80.2 cm³/mol. The van der Waals surface area contributed by atoms with Gasteiger partial charge in [-0.2, -0.15) is 13.2 Å². The predicted octanol–water partition coefficient (Wildman–Crippen LogP) is 3.57. The molecule has 1 aromatic heterocycles. The third-order valence-corrected chi connectivity index (χ3v) is 2.80. The lowest BCUT2D eigenvalue weighted by atomic mass is 10.2. The standard InChI is InChI=1S/C15H15F3N4O/c1-9(2)21-14-19-7-10(8-20-14)13(23)22-12-5-3-11(4-6-12)15(16,17)18/h3-9H,1-2H3,(H,22,23)(H,19,20,21). The number of alkyl halides is 3. The monoisotopic (exact) mass is 324 g/mol. The molecule has 8 heteroatoms. The van der Waals surface area contributed by atoms with Gasteiger partial charge in [-0.05, 0) is 38.1 Å². The summed E-state index contributed by atoms with van der Waals surface area (Å²) < 4.78 is 37.4. The molecule has 0 unspecified atom stereocenters. The lowest BCUT2D eigenvalue weighted by Gasteiger charge is -2.09. The molecule has 0 aliphatic carbocycles. The number of halogens is 3. The fourth-order valence-corrected chi connectivity index (χ4v) is 1.72. The highest BCUT2D eigenvalue weighted by molar-refractivity contribution is 6.03. The molecule has 23 heavy (non-hydrogen) atoms. The highest BCUT2D eigenvalue weighted by Crippen LogP contribution is 2.29. The number of carbonyl (C=O) groups excluding carboxylic acids is 1. The van der Waals surface area contributed by atoms with Crippen LogP contribution >= 0.6 is 0 Å². The highest BCUT2D eigenvalue weighted by atomic mass is 19.4. The molecule has 0 spiro atoms. The van der Waals surface area contributed by atoms with E-state index in [1.165, 1.54) is 24.5 Å². The van der Waals surface area contributed by atoms with Crippen molar-refractivity contribution in [3.8, 4) is 0 Å². The fourth-order valence-electron chi connectivity index (χ4n) is 1.72. The molecule has 1 aromatic carbocycles. The third kappa shape index (κ3) is 4.67. The second-order valence-corrected chi connectivity index (χ2v) is 5.12. The number of benzene rings is 1. The van der Waals surface area contributed by atoms with Crippen LogP contribution in [0.4, 0.5) is 24.8 Å². The molecule has 122 valence electrons. The number of anilines is 2. The number of hydrogen-bond donors (Lipinski definition) is 2. The molecule has 5 nitrogen and oxygen atoms in total. The van der Waals surface area contributed by atoms with Gasteiger partial charge in [0, 0.05) is 24.1 Å². The molecule has 2 N–H and O–H groups in total. The van der Waals surface area contributed by atoms with Gasteiger partial charge in [0.2, 0.25) is 5.95 Å². The maximum absolute atomic E-state index is 12.5. The van der Waals surface area contributed by atoms with Gasteiger partial charge in [0.1, 0.15) is 0 Å². The number of rotatable bonds is 4. The minimum Gasteiger partial charge on any atom is -0.352 e. The van der Waals surface area contributed by atoms with E-state index in [1.807, 2.05) is 13.8 Å². The van der Waals surface area contributed by atoms with E-state index < -0.39 is 17.6 Å². The van der Waals surface area contributed by atoms with Gasteiger partial charge in [0.05, 0.1) is 11.1 Å². The molecule has 0 bridgehead atoms. The van der Waals surface area contributed by atoms with E-state index in [-0.39, 0.29) is 17.3 Å². The van der Waals surface area contributed by atoms with Crippen molar-refractivity contribution < 1.29 is 18.0 Å². The second-order valence-electron chi connectivity index (χ2n) is 5.12. The molecular weight excluding hydrogens is 309 g/mol. The van der Waals surface area contributed by atoms with Gasteiger partial charge in [0.15, 0.2) is 0 Å². The Morgan fingerprint density at radius 3 is 2.13 bits per heavy atom. The molecule has 1 amide bonds. The molecule has 0 radical (unpaired) electrons. The van der Waals surface area contributed by atoms with Crippen molar-refractivity contribution in [2.45, 2.75) is 26.1 Å². The van der Waals surface area contributed by atoms with Crippen molar-refractivity contribution in [2.75, 3.05) is 10.6 Å². The summed E-state index contributed by atoms with van der Waals surface area (Å²) in [7, 11) is 0. The zero-order valence-corrected chi connectivity index (χ0v) is 12.5. The normalized spacial score (nSPS) is 11.4. The van der Waals surface area contributed by atoms with Crippen LogP contribution in [0.1, 0.15) is 29.8 Å². The Labute approximate surface area is 131 Å².